The first-order valence-corrected chi connectivity index (χ1v) is 5.47. The third-order valence-electron chi connectivity index (χ3n) is 2.09. The fourth-order valence-electron chi connectivity index (χ4n) is 1.18. The van der Waals surface area contributed by atoms with Gasteiger partial charge in [0, 0.05) is 17.5 Å². The van der Waals surface area contributed by atoms with Gasteiger partial charge >= 0.3 is 5.97 Å². The molecule has 0 aliphatic carbocycles. The lowest BCUT2D eigenvalue weighted by atomic mass is 10.1. The highest BCUT2D eigenvalue weighted by Crippen LogP contribution is 2.13. The summed E-state index contributed by atoms with van der Waals surface area (Å²) >= 11 is 5.76. The standard InChI is InChI=1S/C13H13ClO3/c1-9(15)12(8-17-10(2)16)7-11-3-5-13(14)6-4-11/h3-7H,8H2,1-2H3/b12-7+. The number of halogens is 1. The van der Waals surface area contributed by atoms with E-state index in [2.05, 4.69) is 0 Å². The van der Waals surface area contributed by atoms with Crippen molar-refractivity contribution in [2.45, 2.75) is 13.8 Å². The van der Waals surface area contributed by atoms with Crippen molar-refractivity contribution in [3.05, 3.63) is 40.4 Å². The zero-order valence-corrected chi connectivity index (χ0v) is 10.5. The first-order valence-electron chi connectivity index (χ1n) is 5.09. The van der Waals surface area contributed by atoms with E-state index in [-0.39, 0.29) is 12.4 Å². The first kappa shape index (κ1) is 13.5. The highest BCUT2D eigenvalue weighted by molar-refractivity contribution is 6.30. The van der Waals surface area contributed by atoms with Crippen LogP contribution in [0.2, 0.25) is 5.02 Å². The van der Waals surface area contributed by atoms with Crippen molar-refractivity contribution in [2.75, 3.05) is 6.61 Å². The summed E-state index contributed by atoms with van der Waals surface area (Å²) in [6, 6.07) is 7.05. The highest BCUT2D eigenvalue weighted by atomic mass is 35.5. The largest absolute Gasteiger partial charge is 0.461 e. The minimum absolute atomic E-state index is 0.00665. The van der Waals surface area contributed by atoms with Crippen LogP contribution < -0.4 is 0 Å². The Morgan fingerprint density at radius 3 is 2.29 bits per heavy atom. The molecule has 0 spiro atoms. The normalized spacial score (nSPS) is 11.1. The van der Waals surface area contributed by atoms with Crippen LogP contribution in [0.15, 0.2) is 29.8 Å². The predicted molar refractivity (Wildman–Crippen MR) is 66.7 cm³/mol. The second kappa shape index (κ2) is 6.21. The summed E-state index contributed by atoms with van der Waals surface area (Å²) in [5.41, 5.74) is 1.29. The average molecular weight is 253 g/mol. The van der Waals surface area contributed by atoms with Gasteiger partial charge in [-0.1, -0.05) is 23.7 Å². The van der Waals surface area contributed by atoms with Gasteiger partial charge in [0.1, 0.15) is 6.61 Å². The number of benzene rings is 1. The lowest BCUT2D eigenvalue weighted by Gasteiger charge is -2.04. The maximum atomic E-state index is 11.3. The second-order valence-electron chi connectivity index (χ2n) is 3.56. The molecule has 90 valence electrons. The van der Waals surface area contributed by atoms with Gasteiger partial charge in [-0.25, -0.2) is 0 Å². The number of carbonyl (C=O) groups is 2. The number of Topliss-reactive ketones (excluding diaryl/α,β-unsaturated/α-hetero) is 1. The van der Waals surface area contributed by atoms with E-state index in [1.54, 1.807) is 30.3 Å². The molecule has 0 bridgehead atoms. The van der Waals surface area contributed by atoms with E-state index in [4.69, 9.17) is 16.3 Å². The minimum atomic E-state index is -0.409. The Labute approximate surface area is 105 Å². The molecule has 0 aliphatic rings. The Kier molecular flexibility index (Phi) is 4.91. The smallest absolute Gasteiger partial charge is 0.302 e. The Morgan fingerprint density at radius 1 is 1.24 bits per heavy atom. The van der Waals surface area contributed by atoms with Gasteiger partial charge in [0.25, 0.3) is 0 Å². The average Bonchev–Trinajstić information content (AvgIpc) is 2.26. The quantitative estimate of drug-likeness (QED) is 0.611. The Balaban J connectivity index is 2.86. The molecule has 0 aliphatic heterocycles. The SMILES string of the molecule is CC(=O)OC/C(=C\c1ccc(Cl)cc1)C(C)=O. The molecule has 3 nitrogen and oxygen atoms in total. The van der Waals surface area contributed by atoms with Crippen molar-refractivity contribution in [3.63, 3.8) is 0 Å². The maximum Gasteiger partial charge on any atom is 0.302 e. The third kappa shape index (κ3) is 4.83. The molecule has 1 aromatic rings. The molecule has 0 atom stereocenters. The third-order valence-corrected chi connectivity index (χ3v) is 2.35. The molecular weight excluding hydrogens is 240 g/mol. The van der Waals surface area contributed by atoms with Crippen molar-refractivity contribution in [1.82, 2.24) is 0 Å². The van der Waals surface area contributed by atoms with E-state index in [0.717, 1.165) is 5.56 Å². The van der Waals surface area contributed by atoms with E-state index in [9.17, 15) is 9.59 Å². The van der Waals surface area contributed by atoms with Crippen molar-refractivity contribution in [2.24, 2.45) is 0 Å². The summed E-state index contributed by atoms with van der Waals surface area (Å²) in [5.74, 6) is -0.533. The monoisotopic (exact) mass is 252 g/mol. The molecule has 0 radical (unpaired) electrons. The van der Waals surface area contributed by atoms with E-state index in [0.29, 0.717) is 10.6 Å². The van der Waals surface area contributed by atoms with Gasteiger partial charge < -0.3 is 4.74 Å². The van der Waals surface area contributed by atoms with Gasteiger partial charge in [-0.2, -0.15) is 0 Å². The molecule has 1 rings (SSSR count). The number of esters is 1. The molecule has 0 aromatic heterocycles. The molecule has 0 unspecified atom stereocenters. The molecule has 17 heavy (non-hydrogen) atoms. The van der Waals surface area contributed by atoms with Crippen molar-refractivity contribution < 1.29 is 14.3 Å². The lowest BCUT2D eigenvalue weighted by Crippen LogP contribution is -2.08. The molecule has 0 saturated heterocycles. The number of rotatable bonds is 4. The van der Waals surface area contributed by atoms with Crippen molar-refractivity contribution >= 4 is 29.4 Å². The van der Waals surface area contributed by atoms with Crippen molar-refractivity contribution in [1.29, 1.82) is 0 Å². The minimum Gasteiger partial charge on any atom is -0.461 e. The Hall–Kier alpha value is -1.61. The van der Waals surface area contributed by atoms with Gasteiger partial charge in [-0.3, -0.25) is 9.59 Å². The Bertz CT molecular complexity index is 446. The number of carbonyl (C=O) groups excluding carboxylic acids is 2. The van der Waals surface area contributed by atoms with Gasteiger partial charge in [0.2, 0.25) is 0 Å². The molecule has 0 fully saturated rings. The number of ketones is 1. The van der Waals surface area contributed by atoms with Crippen LogP contribution in [0.25, 0.3) is 6.08 Å². The van der Waals surface area contributed by atoms with Crippen LogP contribution in [0.5, 0.6) is 0 Å². The number of ether oxygens (including phenoxy) is 1. The van der Waals surface area contributed by atoms with Crippen molar-refractivity contribution in [3.8, 4) is 0 Å². The van der Waals surface area contributed by atoms with Crippen LogP contribution in [0, 0.1) is 0 Å². The molecular formula is C13H13ClO3. The second-order valence-corrected chi connectivity index (χ2v) is 3.99. The zero-order chi connectivity index (χ0) is 12.8. The summed E-state index contributed by atoms with van der Waals surface area (Å²) < 4.78 is 4.81. The Morgan fingerprint density at radius 2 is 1.82 bits per heavy atom. The predicted octanol–water partition coefficient (Wildman–Crippen LogP) is 2.88. The number of hydrogen-bond acceptors (Lipinski definition) is 3. The van der Waals surface area contributed by atoms with Crippen LogP contribution in [0.4, 0.5) is 0 Å². The fraction of sp³-hybridized carbons (Fsp3) is 0.231. The number of hydrogen-bond donors (Lipinski definition) is 0. The van der Waals surface area contributed by atoms with Crippen LogP contribution in [-0.2, 0) is 14.3 Å². The topological polar surface area (TPSA) is 43.4 Å². The van der Waals surface area contributed by atoms with Crippen LogP contribution in [0.1, 0.15) is 19.4 Å². The highest BCUT2D eigenvalue weighted by Gasteiger charge is 2.06. The van der Waals surface area contributed by atoms with E-state index >= 15 is 0 Å². The van der Waals surface area contributed by atoms with Gasteiger partial charge in [0.15, 0.2) is 5.78 Å². The molecule has 0 amide bonds. The molecule has 0 N–H and O–H groups in total. The molecule has 4 heteroatoms. The van der Waals surface area contributed by atoms with Gasteiger partial charge in [0.05, 0.1) is 0 Å². The van der Waals surface area contributed by atoms with E-state index in [1.165, 1.54) is 13.8 Å². The van der Waals surface area contributed by atoms with Gasteiger partial charge in [-0.05, 0) is 30.7 Å². The van der Waals surface area contributed by atoms with E-state index in [1.807, 2.05) is 0 Å². The summed E-state index contributed by atoms with van der Waals surface area (Å²) in [6.45, 7) is 2.73. The zero-order valence-electron chi connectivity index (χ0n) is 9.70. The van der Waals surface area contributed by atoms with Crippen LogP contribution in [0.3, 0.4) is 0 Å². The maximum absolute atomic E-state index is 11.3. The summed E-state index contributed by atoms with van der Waals surface area (Å²) in [4.78, 5) is 22.0. The van der Waals surface area contributed by atoms with Crippen LogP contribution in [-0.4, -0.2) is 18.4 Å². The lowest BCUT2D eigenvalue weighted by molar-refractivity contribution is -0.140. The molecule has 0 saturated carbocycles. The summed E-state index contributed by atoms with van der Waals surface area (Å²) in [7, 11) is 0. The van der Waals surface area contributed by atoms with E-state index < -0.39 is 5.97 Å². The summed E-state index contributed by atoms with van der Waals surface area (Å²) in [5, 5.41) is 0.631. The summed E-state index contributed by atoms with van der Waals surface area (Å²) in [6.07, 6.45) is 1.68. The van der Waals surface area contributed by atoms with Gasteiger partial charge in [-0.15, -0.1) is 0 Å². The molecule has 1 aromatic carbocycles. The molecule has 0 heterocycles. The first-order chi connectivity index (χ1) is 7.99. The van der Waals surface area contributed by atoms with Crippen LogP contribution >= 0.6 is 11.6 Å². The fourth-order valence-corrected chi connectivity index (χ4v) is 1.31.